The Hall–Kier alpha value is -2.75. The molecule has 0 saturated carbocycles. The molecule has 0 bridgehead atoms. The van der Waals surface area contributed by atoms with Gasteiger partial charge in [-0.2, -0.15) is 5.10 Å². The van der Waals surface area contributed by atoms with Crippen LogP contribution >= 0.6 is 0 Å². The summed E-state index contributed by atoms with van der Waals surface area (Å²) in [6.45, 7) is 9.77. The molecule has 3 saturated heterocycles. The maximum absolute atomic E-state index is 6.07. The zero-order valence-corrected chi connectivity index (χ0v) is 20.6. The summed E-state index contributed by atoms with van der Waals surface area (Å²) in [5.41, 5.74) is 3.88. The molecule has 35 heavy (non-hydrogen) atoms. The number of hydrogen-bond acceptors (Lipinski definition) is 8. The van der Waals surface area contributed by atoms with Crippen molar-refractivity contribution < 1.29 is 14.2 Å². The third-order valence-corrected chi connectivity index (χ3v) is 7.29. The zero-order chi connectivity index (χ0) is 23.8. The van der Waals surface area contributed by atoms with Gasteiger partial charge in [-0.05, 0) is 45.2 Å². The lowest BCUT2D eigenvalue weighted by Gasteiger charge is -2.39. The molecule has 0 radical (unpaired) electrons. The molecular weight excluding hydrogens is 444 g/mol. The summed E-state index contributed by atoms with van der Waals surface area (Å²) in [6, 6.07) is 6.64. The van der Waals surface area contributed by atoms with Crippen molar-refractivity contribution in [2.45, 2.75) is 51.5 Å². The largest absolute Gasteiger partial charge is 0.378 e. The first kappa shape index (κ1) is 22.7. The molecule has 0 amide bonds. The second kappa shape index (κ2) is 9.72. The van der Waals surface area contributed by atoms with Crippen LogP contribution in [0, 0.1) is 0 Å². The Labute approximate surface area is 206 Å². The van der Waals surface area contributed by atoms with E-state index in [9.17, 15) is 0 Å². The number of morpholine rings is 2. The summed E-state index contributed by atoms with van der Waals surface area (Å²) < 4.78 is 19.6. The third kappa shape index (κ3) is 4.37. The van der Waals surface area contributed by atoms with Gasteiger partial charge in [-0.25, -0.2) is 9.67 Å². The number of nitrogens with zero attached hydrogens (tertiary/aromatic N) is 6. The van der Waals surface area contributed by atoms with Gasteiger partial charge in [-0.15, -0.1) is 0 Å². The number of hydrogen-bond donors (Lipinski definition) is 0. The van der Waals surface area contributed by atoms with Gasteiger partial charge in [0.05, 0.1) is 37.3 Å². The van der Waals surface area contributed by atoms with Crippen molar-refractivity contribution in [3.63, 3.8) is 0 Å². The molecular formula is C26H34N6O3. The van der Waals surface area contributed by atoms with E-state index in [1.807, 2.05) is 23.1 Å². The summed E-state index contributed by atoms with van der Waals surface area (Å²) >= 11 is 0. The van der Waals surface area contributed by atoms with Gasteiger partial charge in [-0.3, -0.25) is 4.98 Å². The lowest BCUT2D eigenvalue weighted by Crippen LogP contribution is -2.47. The molecule has 6 heterocycles. The summed E-state index contributed by atoms with van der Waals surface area (Å²) in [7, 11) is 0. The minimum atomic E-state index is -0.0622. The molecule has 3 aromatic rings. The van der Waals surface area contributed by atoms with Crippen molar-refractivity contribution >= 4 is 22.4 Å². The zero-order valence-electron chi connectivity index (χ0n) is 20.6. The average molecular weight is 479 g/mol. The van der Waals surface area contributed by atoms with Crippen molar-refractivity contribution in [1.82, 2.24) is 19.7 Å². The Balaban J connectivity index is 1.51. The topological polar surface area (TPSA) is 77.8 Å². The molecule has 6 rings (SSSR count). The van der Waals surface area contributed by atoms with E-state index in [0.717, 1.165) is 73.6 Å². The van der Waals surface area contributed by atoms with Crippen molar-refractivity contribution in [2.75, 3.05) is 55.9 Å². The number of anilines is 2. The SMILES string of the molecule is C[C@H]1CN(c2cc(N3CCOCC3)nc3c(-c4ccnn4C4CCCCO4)nccc23)[C@@H](C)CO1. The van der Waals surface area contributed by atoms with Crippen LogP contribution in [0.3, 0.4) is 0 Å². The van der Waals surface area contributed by atoms with E-state index in [1.54, 1.807) is 0 Å². The normalized spacial score (nSPS) is 25.8. The van der Waals surface area contributed by atoms with Crippen LogP contribution < -0.4 is 9.80 Å². The van der Waals surface area contributed by atoms with Crippen LogP contribution in [0.1, 0.15) is 39.3 Å². The highest BCUT2D eigenvalue weighted by Crippen LogP contribution is 2.37. The van der Waals surface area contributed by atoms with E-state index < -0.39 is 0 Å². The van der Waals surface area contributed by atoms with Crippen LogP contribution in [-0.2, 0) is 14.2 Å². The van der Waals surface area contributed by atoms with Crippen molar-refractivity contribution in [1.29, 1.82) is 0 Å². The molecule has 3 fully saturated rings. The van der Waals surface area contributed by atoms with Gasteiger partial charge in [0.2, 0.25) is 0 Å². The second-order valence-electron chi connectivity index (χ2n) is 9.78. The molecule has 0 aromatic carbocycles. The fourth-order valence-corrected chi connectivity index (χ4v) is 5.39. The molecule has 3 atom stereocenters. The third-order valence-electron chi connectivity index (χ3n) is 7.29. The van der Waals surface area contributed by atoms with Gasteiger partial charge < -0.3 is 24.0 Å². The second-order valence-corrected chi connectivity index (χ2v) is 9.78. The van der Waals surface area contributed by atoms with Crippen LogP contribution in [0.15, 0.2) is 30.6 Å². The van der Waals surface area contributed by atoms with Crippen LogP contribution in [-0.4, -0.2) is 78.0 Å². The van der Waals surface area contributed by atoms with Crippen LogP contribution in [0.25, 0.3) is 22.3 Å². The first-order valence-corrected chi connectivity index (χ1v) is 12.9. The molecule has 0 spiro atoms. The highest BCUT2D eigenvalue weighted by Gasteiger charge is 2.28. The predicted octanol–water partition coefficient (Wildman–Crippen LogP) is 3.64. The molecule has 9 heteroatoms. The number of pyridine rings is 2. The fourth-order valence-electron chi connectivity index (χ4n) is 5.39. The Kier molecular flexibility index (Phi) is 6.30. The smallest absolute Gasteiger partial charge is 0.150 e. The minimum Gasteiger partial charge on any atom is -0.378 e. The van der Waals surface area contributed by atoms with E-state index in [1.165, 1.54) is 5.69 Å². The van der Waals surface area contributed by atoms with Gasteiger partial charge in [0, 0.05) is 56.1 Å². The molecule has 1 unspecified atom stereocenters. The average Bonchev–Trinajstić information content (AvgIpc) is 3.40. The van der Waals surface area contributed by atoms with Crippen molar-refractivity contribution in [3.05, 3.63) is 30.6 Å². The van der Waals surface area contributed by atoms with Gasteiger partial charge in [0.15, 0.2) is 6.23 Å². The van der Waals surface area contributed by atoms with Crippen molar-refractivity contribution in [2.24, 2.45) is 0 Å². The van der Waals surface area contributed by atoms with Crippen molar-refractivity contribution in [3.8, 4) is 11.4 Å². The molecule has 3 aliphatic rings. The molecule has 0 N–H and O–H groups in total. The summed E-state index contributed by atoms with van der Waals surface area (Å²) in [6.07, 6.45) is 7.05. The van der Waals surface area contributed by atoms with E-state index in [-0.39, 0.29) is 18.4 Å². The monoisotopic (exact) mass is 478 g/mol. The van der Waals surface area contributed by atoms with Gasteiger partial charge >= 0.3 is 0 Å². The highest BCUT2D eigenvalue weighted by atomic mass is 16.5. The Morgan fingerprint density at radius 2 is 1.89 bits per heavy atom. The Bertz CT molecular complexity index is 1170. The molecule has 3 aromatic heterocycles. The van der Waals surface area contributed by atoms with Gasteiger partial charge in [0.1, 0.15) is 17.0 Å². The standard InChI is InChI=1S/C26H34N6O3/c1-18-17-35-19(2)16-31(18)22-15-23(30-10-13-33-14-11-30)29-25-20(22)6-8-27-26(25)21-7-9-28-32(21)24-5-3-4-12-34-24/h6-9,15,18-19,24H,3-5,10-14,16-17H2,1-2H3/t18-,19-,24?/m0/s1. The van der Waals surface area contributed by atoms with Gasteiger partial charge in [0.25, 0.3) is 0 Å². The maximum atomic E-state index is 6.07. The number of fused-ring (bicyclic) bond motifs is 1. The Morgan fingerprint density at radius 3 is 2.71 bits per heavy atom. The molecule has 0 aliphatic carbocycles. The summed E-state index contributed by atoms with van der Waals surface area (Å²) in [5, 5.41) is 5.74. The van der Waals surface area contributed by atoms with E-state index >= 15 is 0 Å². The Morgan fingerprint density at radius 1 is 1.00 bits per heavy atom. The maximum Gasteiger partial charge on any atom is 0.150 e. The highest BCUT2D eigenvalue weighted by molar-refractivity contribution is 6.00. The number of rotatable bonds is 4. The lowest BCUT2D eigenvalue weighted by atomic mass is 10.1. The van der Waals surface area contributed by atoms with Gasteiger partial charge in [-0.1, -0.05) is 0 Å². The summed E-state index contributed by atoms with van der Waals surface area (Å²) in [5.74, 6) is 0.969. The molecule has 186 valence electrons. The molecule has 3 aliphatic heterocycles. The molecule has 9 nitrogen and oxygen atoms in total. The minimum absolute atomic E-state index is 0.0622. The fraction of sp³-hybridized carbons (Fsp3) is 0.577. The quantitative estimate of drug-likeness (QED) is 0.563. The van der Waals surface area contributed by atoms with Crippen LogP contribution in [0.5, 0.6) is 0 Å². The van der Waals surface area contributed by atoms with Crippen LogP contribution in [0.4, 0.5) is 11.5 Å². The van der Waals surface area contributed by atoms with E-state index in [2.05, 4.69) is 40.9 Å². The lowest BCUT2D eigenvalue weighted by molar-refractivity contribution is -0.0383. The number of ether oxygens (including phenoxy) is 3. The van der Waals surface area contributed by atoms with Crippen LogP contribution in [0.2, 0.25) is 0 Å². The van der Waals surface area contributed by atoms with E-state index in [0.29, 0.717) is 19.8 Å². The summed E-state index contributed by atoms with van der Waals surface area (Å²) in [4.78, 5) is 14.8. The first-order chi connectivity index (χ1) is 17.2. The van der Waals surface area contributed by atoms with E-state index in [4.69, 9.17) is 24.2 Å². The first-order valence-electron chi connectivity index (χ1n) is 12.9. The number of aromatic nitrogens is 4. The predicted molar refractivity (Wildman–Crippen MR) is 135 cm³/mol.